The number of nitrogens with zero attached hydrogens (tertiary/aromatic N) is 1. The standard InChI is InChI=1S/C33H37NO6/c1-8-39-27-17-14-22(18-26(27)33(4,5)6)30(35)28-29(21-12-15-24(16-13-21)40-20(2)3)34(32(37)31(28)36)23-10-9-11-25(19-23)38-7/h9-20,29,35H,8H2,1-7H3/b30-28-. The molecule has 1 aliphatic rings. The third-order valence-corrected chi connectivity index (χ3v) is 6.70. The summed E-state index contributed by atoms with van der Waals surface area (Å²) in [5.41, 5.74) is 2.17. The molecule has 1 fully saturated rings. The maximum atomic E-state index is 13.6. The molecule has 1 unspecified atom stereocenters. The summed E-state index contributed by atoms with van der Waals surface area (Å²) in [4.78, 5) is 28.6. The average Bonchev–Trinajstić information content (AvgIpc) is 3.18. The van der Waals surface area contributed by atoms with E-state index in [0.717, 1.165) is 5.56 Å². The molecule has 0 spiro atoms. The zero-order chi connectivity index (χ0) is 29.2. The zero-order valence-electron chi connectivity index (χ0n) is 24.1. The monoisotopic (exact) mass is 543 g/mol. The van der Waals surface area contributed by atoms with Crippen molar-refractivity contribution < 1.29 is 28.9 Å². The largest absolute Gasteiger partial charge is 0.507 e. The second-order valence-corrected chi connectivity index (χ2v) is 11.0. The fourth-order valence-electron chi connectivity index (χ4n) is 4.88. The second-order valence-electron chi connectivity index (χ2n) is 11.0. The summed E-state index contributed by atoms with van der Waals surface area (Å²) in [6, 6.07) is 18.7. The lowest BCUT2D eigenvalue weighted by atomic mass is 9.84. The number of amides is 1. The number of hydrogen-bond acceptors (Lipinski definition) is 6. The van der Waals surface area contributed by atoms with Crippen molar-refractivity contribution in [3.63, 3.8) is 0 Å². The number of aliphatic hydroxyl groups is 1. The Kier molecular flexibility index (Phi) is 8.24. The van der Waals surface area contributed by atoms with Gasteiger partial charge in [-0.25, -0.2) is 0 Å². The molecule has 0 saturated carbocycles. The molecular formula is C33H37NO6. The van der Waals surface area contributed by atoms with Gasteiger partial charge in [0.25, 0.3) is 11.7 Å². The lowest BCUT2D eigenvalue weighted by Gasteiger charge is -2.26. The highest BCUT2D eigenvalue weighted by Gasteiger charge is 2.47. The van der Waals surface area contributed by atoms with E-state index in [1.807, 2.05) is 39.0 Å². The van der Waals surface area contributed by atoms with Crippen LogP contribution in [-0.2, 0) is 15.0 Å². The van der Waals surface area contributed by atoms with E-state index >= 15 is 0 Å². The summed E-state index contributed by atoms with van der Waals surface area (Å²) in [5, 5.41) is 11.7. The molecule has 1 aliphatic heterocycles. The van der Waals surface area contributed by atoms with Gasteiger partial charge in [0.15, 0.2) is 0 Å². The number of rotatable bonds is 8. The van der Waals surface area contributed by atoms with Crippen molar-refractivity contribution in [1.82, 2.24) is 0 Å². The highest BCUT2D eigenvalue weighted by atomic mass is 16.5. The molecule has 3 aromatic carbocycles. The number of methoxy groups -OCH3 is 1. The SMILES string of the molecule is CCOc1ccc(/C(O)=C2/C(=O)C(=O)N(c3cccc(OC)c3)C2c2ccc(OC(C)C)cc2)cc1C(C)(C)C. The summed E-state index contributed by atoms with van der Waals surface area (Å²) in [7, 11) is 1.54. The third kappa shape index (κ3) is 5.69. The Balaban J connectivity index is 1.92. The van der Waals surface area contributed by atoms with Gasteiger partial charge in [0.1, 0.15) is 23.0 Å². The molecule has 0 bridgehead atoms. The normalized spacial score (nSPS) is 16.9. The molecule has 1 amide bonds. The van der Waals surface area contributed by atoms with Crippen molar-refractivity contribution in [2.24, 2.45) is 0 Å². The number of carbonyl (C=O) groups excluding carboxylic acids is 2. The molecule has 0 aromatic heterocycles. The Bertz CT molecular complexity index is 1430. The van der Waals surface area contributed by atoms with E-state index in [-0.39, 0.29) is 22.9 Å². The van der Waals surface area contributed by atoms with Crippen LogP contribution in [-0.4, -0.2) is 36.6 Å². The number of aliphatic hydroxyl groups excluding tert-OH is 1. The Morgan fingerprint density at radius 3 is 2.27 bits per heavy atom. The molecule has 1 N–H and O–H groups in total. The first kappa shape index (κ1) is 28.7. The average molecular weight is 544 g/mol. The van der Waals surface area contributed by atoms with E-state index in [9.17, 15) is 14.7 Å². The highest BCUT2D eigenvalue weighted by Crippen LogP contribution is 2.44. The Morgan fingerprint density at radius 2 is 1.68 bits per heavy atom. The second kappa shape index (κ2) is 11.5. The van der Waals surface area contributed by atoms with Gasteiger partial charge < -0.3 is 19.3 Å². The fraction of sp³-hybridized carbons (Fsp3) is 0.333. The van der Waals surface area contributed by atoms with Crippen LogP contribution in [0.2, 0.25) is 0 Å². The molecule has 1 heterocycles. The molecule has 3 aromatic rings. The van der Waals surface area contributed by atoms with Crippen LogP contribution >= 0.6 is 0 Å². The van der Waals surface area contributed by atoms with Gasteiger partial charge in [-0.2, -0.15) is 0 Å². The number of ether oxygens (including phenoxy) is 3. The minimum absolute atomic E-state index is 0.00867. The maximum Gasteiger partial charge on any atom is 0.300 e. The van der Waals surface area contributed by atoms with Crippen molar-refractivity contribution in [1.29, 1.82) is 0 Å². The number of Topliss-reactive ketones (excluding diaryl/α,β-unsaturated/α-hetero) is 1. The van der Waals surface area contributed by atoms with Crippen molar-refractivity contribution in [3.05, 3.63) is 89.0 Å². The zero-order valence-corrected chi connectivity index (χ0v) is 24.1. The minimum atomic E-state index is -0.870. The van der Waals surface area contributed by atoms with E-state index in [0.29, 0.717) is 40.7 Å². The van der Waals surface area contributed by atoms with Gasteiger partial charge in [0.2, 0.25) is 0 Å². The predicted molar refractivity (Wildman–Crippen MR) is 156 cm³/mol. The van der Waals surface area contributed by atoms with Crippen molar-refractivity contribution in [3.8, 4) is 17.2 Å². The summed E-state index contributed by atoms with van der Waals surface area (Å²) >= 11 is 0. The van der Waals surface area contributed by atoms with Crippen molar-refractivity contribution >= 4 is 23.1 Å². The van der Waals surface area contributed by atoms with Crippen molar-refractivity contribution in [2.45, 2.75) is 59.1 Å². The van der Waals surface area contributed by atoms with Crippen LogP contribution < -0.4 is 19.1 Å². The van der Waals surface area contributed by atoms with E-state index in [1.54, 1.807) is 48.5 Å². The first-order valence-electron chi connectivity index (χ1n) is 13.5. The van der Waals surface area contributed by atoms with E-state index in [2.05, 4.69) is 20.8 Å². The fourth-order valence-corrected chi connectivity index (χ4v) is 4.88. The molecule has 0 aliphatic carbocycles. The van der Waals surface area contributed by atoms with Gasteiger partial charge in [-0.05, 0) is 74.2 Å². The summed E-state index contributed by atoms with van der Waals surface area (Å²) in [5.74, 6) is 0.173. The number of hydrogen-bond donors (Lipinski definition) is 1. The third-order valence-electron chi connectivity index (χ3n) is 6.70. The maximum absolute atomic E-state index is 13.6. The molecular weight excluding hydrogens is 506 g/mol. The Labute approximate surface area is 236 Å². The topological polar surface area (TPSA) is 85.3 Å². The number of ketones is 1. The smallest absolute Gasteiger partial charge is 0.300 e. The van der Waals surface area contributed by atoms with Crippen LogP contribution in [0.3, 0.4) is 0 Å². The lowest BCUT2D eigenvalue weighted by Crippen LogP contribution is -2.29. The summed E-state index contributed by atoms with van der Waals surface area (Å²) in [6.07, 6.45) is -0.00931. The van der Waals surface area contributed by atoms with Crippen LogP contribution in [0.15, 0.2) is 72.3 Å². The molecule has 7 nitrogen and oxygen atoms in total. The Hall–Kier alpha value is -4.26. The number of carbonyl (C=O) groups is 2. The molecule has 210 valence electrons. The molecule has 1 atom stereocenters. The van der Waals surface area contributed by atoms with Crippen LogP contribution in [0.4, 0.5) is 5.69 Å². The number of benzene rings is 3. The van der Waals surface area contributed by atoms with Crippen molar-refractivity contribution in [2.75, 3.05) is 18.6 Å². The first-order chi connectivity index (χ1) is 19.0. The quantitative estimate of drug-likeness (QED) is 0.191. The molecule has 0 radical (unpaired) electrons. The van der Waals surface area contributed by atoms with Gasteiger partial charge >= 0.3 is 0 Å². The summed E-state index contributed by atoms with van der Waals surface area (Å²) in [6.45, 7) is 12.4. The van der Waals surface area contributed by atoms with Crippen LogP contribution in [0, 0.1) is 0 Å². The Morgan fingerprint density at radius 1 is 0.975 bits per heavy atom. The first-order valence-corrected chi connectivity index (χ1v) is 13.5. The lowest BCUT2D eigenvalue weighted by molar-refractivity contribution is -0.132. The predicted octanol–water partition coefficient (Wildman–Crippen LogP) is 6.80. The minimum Gasteiger partial charge on any atom is -0.507 e. The highest BCUT2D eigenvalue weighted by molar-refractivity contribution is 6.51. The van der Waals surface area contributed by atoms with E-state index < -0.39 is 17.7 Å². The van der Waals surface area contributed by atoms with Gasteiger partial charge in [-0.3, -0.25) is 14.5 Å². The van der Waals surface area contributed by atoms with Gasteiger partial charge in [0.05, 0.1) is 31.4 Å². The molecule has 7 heteroatoms. The molecule has 40 heavy (non-hydrogen) atoms. The van der Waals surface area contributed by atoms with Gasteiger partial charge in [0, 0.05) is 22.9 Å². The van der Waals surface area contributed by atoms with Crippen LogP contribution in [0.25, 0.3) is 5.76 Å². The van der Waals surface area contributed by atoms with Crippen LogP contribution in [0.1, 0.15) is 64.3 Å². The summed E-state index contributed by atoms with van der Waals surface area (Å²) < 4.78 is 17.0. The van der Waals surface area contributed by atoms with Gasteiger partial charge in [-0.1, -0.05) is 39.0 Å². The van der Waals surface area contributed by atoms with Gasteiger partial charge in [-0.15, -0.1) is 0 Å². The number of anilines is 1. The van der Waals surface area contributed by atoms with E-state index in [1.165, 1.54) is 12.0 Å². The van der Waals surface area contributed by atoms with E-state index in [4.69, 9.17) is 14.2 Å². The molecule has 4 rings (SSSR count). The molecule has 1 saturated heterocycles. The van der Waals surface area contributed by atoms with Crippen LogP contribution in [0.5, 0.6) is 17.2 Å².